The van der Waals surface area contributed by atoms with Crippen molar-refractivity contribution in [1.29, 1.82) is 0 Å². The van der Waals surface area contributed by atoms with Gasteiger partial charge in [0.05, 0.1) is 12.2 Å². The van der Waals surface area contributed by atoms with Crippen LogP contribution in [0.5, 0.6) is 0 Å². The van der Waals surface area contributed by atoms with E-state index in [-0.39, 0.29) is 5.92 Å². The average Bonchev–Trinajstić information content (AvgIpc) is 3.09. The summed E-state index contributed by atoms with van der Waals surface area (Å²) in [6, 6.07) is 2.20. The molecule has 1 aromatic heterocycles. The standard InChI is InChI=1S/C20H26O3/c1-19-7-5-16-13(6-9-23-16)15(19)4-8-20-10-12(2-3-17(19)20)14(11-20)18(21)22/h6,9,12,14-15,17H,2-5,7-8,10-11H2,1H3,(H,21,22)/t12-,14?,15-,17+,19-,20+/m1/s1. The van der Waals surface area contributed by atoms with Gasteiger partial charge in [-0.1, -0.05) is 6.92 Å². The van der Waals surface area contributed by atoms with Gasteiger partial charge in [-0.3, -0.25) is 4.79 Å². The fourth-order valence-corrected chi connectivity index (χ4v) is 7.43. The van der Waals surface area contributed by atoms with Crippen LogP contribution in [0.25, 0.3) is 0 Å². The molecule has 1 aromatic rings. The summed E-state index contributed by atoms with van der Waals surface area (Å²) in [6.07, 6.45) is 11.1. The maximum atomic E-state index is 11.7. The van der Waals surface area contributed by atoms with Crippen LogP contribution in [0.1, 0.15) is 69.1 Å². The molecule has 2 bridgehead atoms. The van der Waals surface area contributed by atoms with E-state index in [0.717, 1.165) is 19.3 Å². The Morgan fingerprint density at radius 1 is 1.26 bits per heavy atom. The Morgan fingerprint density at radius 2 is 2.13 bits per heavy atom. The SMILES string of the molecule is C[C@@]12CCc3occc3[C@H]1CC[C@]13CC(C(=O)O)[C@H](CC[C@H]12)C3. The minimum atomic E-state index is -0.541. The van der Waals surface area contributed by atoms with Crippen LogP contribution in [-0.4, -0.2) is 11.1 Å². The number of aliphatic carboxylic acids is 1. The summed E-state index contributed by atoms with van der Waals surface area (Å²) < 4.78 is 5.72. The molecule has 23 heavy (non-hydrogen) atoms. The van der Waals surface area contributed by atoms with Crippen molar-refractivity contribution < 1.29 is 14.3 Å². The quantitative estimate of drug-likeness (QED) is 0.823. The van der Waals surface area contributed by atoms with Crippen molar-refractivity contribution in [3.05, 3.63) is 23.7 Å². The number of furan rings is 1. The number of fused-ring (bicyclic) bond motifs is 5. The van der Waals surface area contributed by atoms with Gasteiger partial charge in [0.15, 0.2) is 0 Å². The molecule has 0 aromatic carbocycles. The summed E-state index contributed by atoms with van der Waals surface area (Å²) in [7, 11) is 0. The van der Waals surface area contributed by atoms with Gasteiger partial charge in [0, 0.05) is 6.42 Å². The molecule has 5 rings (SSSR count). The van der Waals surface area contributed by atoms with Crippen molar-refractivity contribution in [2.45, 2.75) is 64.2 Å². The third-order valence-corrected chi connectivity index (χ3v) is 8.32. The number of aryl methyl sites for hydroxylation is 1. The van der Waals surface area contributed by atoms with Crippen LogP contribution < -0.4 is 0 Å². The molecule has 0 radical (unpaired) electrons. The van der Waals surface area contributed by atoms with Crippen LogP contribution in [0.2, 0.25) is 0 Å². The number of carboxylic acids is 1. The first-order valence-electron chi connectivity index (χ1n) is 9.33. The zero-order valence-electron chi connectivity index (χ0n) is 13.9. The zero-order chi connectivity index (χ0) is 15.8. The molecule has 3 heteroatoms. The molecule has 0 saturated heterocycles. The summed E-state index contributed by atoms with van der Waals surface area (Å²) in [5.41, 5.74) is 2.12. The van der Waals surface area contributed by atoms with Crippen molar-refractivity contribution in [2.24, 2.45) is 28.6 Å². The third kappa shape index (κ3) is 1.69. The van der Waals surface area contributed by atoms with E-state index in [1.54, 1.807) is 0 Å². The van der Waals surface area contributed by atoms with Crippen LogP contribution in [0, 0.1) is 28.6 Å². The molecular formula is C20H26O3. The van der Waals surface area contributed by atoms with Crippen molar-refractivity contribution in [2.75, 3.05) is 0 Å². The van der Waals surface area contributed by atoms with E-state index in [4.69, 9.17) is 4.42 Å². The van der Waals surface area contributed by atoms with E-state index >= 15 is 0 Å². The van der Waals surface area contributed by atoms with E-state index in [2.05, 4.69) is 13.0 Å². The Labute approximate surface area is 137 Å². The highest BCUT2D eigenvalue weighted by Crippen LogP contribution is 2.71. The summed E-state index contributed by atoms with van der Waals surface area (Å²) in [4.78, 5) is 11.7. The van der Waals surface area contributed by atoms with Gasteiger partial charge in [0.25, 0.3) is 0 Å². The van der Waals surface area contributed by atoms with E-state index in [1.807, 2.05) is 6.26 Å². The zero-order valence-corrected chi connectivity index (χ0v) is 13.9. The van der Waals surface area contributed by atoms with Crippen LogP contribution >= 0.6 is 0 Å². The van der Waals surface area contributed by atoms with Gasteiger partial charge >= 0.3 is 5.97 Å². The third-order valence-electron chi connectivity index (χ3n) is 8.32. The molecule has 6 atom stereocenters. The van der Waals surface area contributed by atoms with Crippen molar-refractivity contribution in [3.8, 4) is 0 Å². The first kappa shape index (κ1) is 14.1. The second-order valence-electron chi connectivity index (χ2n) is 9.00. The molecule has 124 valence electrons. The molecule has 1 N–H and O–H groups in total. The fourth-order valence-electron chi connectivity index (χ4n) is 7.43. The lowest BCUT2D eigenvalue weighted by atomic mass is 9.45. The smallest absolute Gasteiger partial charge is 0.306 e. The maximum Gasteiger partial charge on any atom is 0.306 e. The molecule has 4 aliphatic rings. The Bertz CT molecular complexity index is 662. The molecule has 3 saturated carbocycles. The molecule has 0 amide bonds. The van der Waals surface area contributed by atoms with Gasteiger partial charge in [-0.2, -0.15) is 0 Å². The molecular weight excluding hydrogens is 288 g/mol. The summed E-state index contributed by atoms with van der Waals surface area (Å²) in [5.74, 6) is 2.37. The molecule has 3 nitrogen and oxygen atoms in total. The predicted molar refractivity (Wildman–Crippen MR) is 86.1 cm³/mol. The minimum Gasteiger partial charge on any atom is -0.481 e. The first-order valence-corrected chi connectivity index (χ1v) is 9.33. The molecule has 1 heterocycles. The van der Waals surface area contributed by atoms with Gasteiger partial charge < -0.3 is 9.52 Å². The fraction of sp³-hybridized carbons (Fsp3) is 0.750. The molecule has 1 unspecified atom stereocenters. The van der Waals surface area contributed by atoms with E-state index in [1.165, 1.54) is 43.4 Å². The van der Waals surface area contributed by atoms with Crippen LogP contribution in [-0.2, 0) is 11.2 Å². The summed E-state index contributed by atoms with van der Waals surface area (Å²) >= 11 is 0. The molecule has 1 spiro atoms. The van der Waals surface area contributed by atoms with E-state index in [0.29, 0.717) is 28.6 Å². The van der Waals surface area contributed by atoms with Gasteiger partial charge in [0.1, 0.15) is 5.76 Å². The first-order chi connectivity index (χ1) is 11.0. The predicted octanol–water partition coefficient (Wildman–Crippen LogP) is 4.62. The van der Waals surface area contributed by atoms with Crippen molar-refractivity contribution >= 4 is 5.97 Å². The molecule has 0 aliphatic heterocycles. The summed E-state index contributed by atoms with van der Waals surface area (Å²) in [6.45, 7) is 2.51. The van der Waals surface area contributed by atoms with E-state index in [9.17, 15) is 9.90 Å². The Balaban J connectivity index is 1.55. The highest BCUT2D eigenvalue weighted by Gasteiger charge is 2.63. The largest absolute Gasteiger partial charge is 0.481 e. The molecule has 3 fully saturated rings. The topological polar surface area (TPSA) is 50.4 Å². The summed E-state index contributed by atoms with van der Waals surface area (Å²) in [5, 5.41) is 9.63. The lowest BCUT2D eigenvalue weighted by molar-refractivity contribution is -0.143. The Morgan fingerprint density at radius 3 is 2.96 bits per heavy atom. The highest BCUT2D eigenvalue weighted by atomic mass is 16.4. The van der Waals surface area contributed by atoms with Crippen molar-refractivity contribution in [1.82, 2.24) is 0 Å². The Kier molecular flexibility index (Phi) is 2.72. The maximum absolute atomic E-state index is 11.7. The van der Waals surface area contributed by atoms with E-state index < -0.39 is 5.97 Å². The van der Waals surface area contributed by atoms with Crippen LogP contribution in [0.4, 0.5) is 0 Å². The number of hydrogen-bond acceptors (Lipinski definition) is 2. The lowest BCUT2D eigenvalue weighted by Crippen LogP contribution is -2.50. The van der Waals surface area contributed by atoms with Crippen LogP contribution in [0.15, 0.2) is 16.7 Å². The number of carbonyl (C=O) groups is 1. The van der Waals surface area contributed by atoms with Gasteiger partial charge in [-0.25, -0.2) is 0 Å². The monoisotopic (exact) mass is 314 g/mol. The second kappa shape index (κ2) is 4.43. The number of carboxylic acid groups (broad SMARTS) is 1. The minimum absolute atomic E-state index is 0.0757. The van der Waals surface area contributed by atoms with Crippen LogP contribution in [0.3, 0.4) is 0 Å². The molecule has 4 aliphatic carbocycles. The lowest BCUT2D eigenvalue weighted by Gasteiger charge is -2.59. The highest BCUT2D eigenvalue weighted by molar-refractivity contribution is 5.71. The normalized spacial score (nSPS) is 47.5. The number of rotatable bonds is 1. The average molecular weight is 314 g/mol. The Hall–Kier alpha value is -1.25. The van der Waals surface area contributed by atoms with Gasteiger partial charge in [0.2, 0.25) is 0 Å². The number of hydrogen-bond donors (Lipinski definition) is 1. The van der Waals surface area contributed by atoms with Gasteiger partial charge in [-0.05, 0) is 85.2 Å². The second-order valence-corrected chi connectivity index (χ2v) is 9.00. The van der Waals surface area contributed by atoms with Gasteiger partial charge in [-0.15, -0.1) is 0 Å². The van der Waals surface area contributed by atoms with Crippen molar-refractivity contribution in [3.63, 3.8) is 0 Å².